The van der Waals surface area contributed by atoms with Gasteiger partial charge in [0.2, 0.25) is 0 Å². The van der Waals surface area contributed by atoms with Crippen LogP contribution < -0.4 is 5.32 Å². The third kappa shape index (κ3) is 3.28. The number of nitrogens with zero attached hydrogens (tertiary/aromatic N) is 3. The molecule has 0 saturated heterocycles. The molecule has 6 nitrogen and oxygen atoms in total. The molecule has 2 aromatic rings. The van der Waals surface area contributed by atoms with Crippen molar-refractivity contribution in [3.63, 3.8) is 0 Å². The summed E-state index contributed by atoms with van der Waals surface area (Å²) in [6, 6.07) is 5.54. The molecule has 0 aliphatic heterocycles. The molecule has 0 radical (unpaired) electrons. The first-order valence-corrected chi connectivity index (χ1v) is 6.84. The SMILES string of the molecule is Cc1cc2c(NCC(C)N(C)C)ccc([N+](=O)[O-])c2cn1. The highest BCUT2D eigenvalue weighted by molar-refractivity contribution is 5.99. The number of likely N-dealkylation sites (N-methyl/N-ethyl adjacent to an activating group) is 1. The molecule has 0 amide bonds. The minimum atomic E-state index is -0.369. The molecule has 112 valence electrons. The van der Waals surface area contributed by atoms with Gasteiger partial charge in [-0.15, -0.1) is 0 Å². The first-order valence-electron chi connectivity index (χ1n) is 6.84. The number of hydrogen-bond acceptors (Lipinski definition) is 5. The van der Waals surface area contributed by atoms with Crippen molar-refractivity contribution in [2.75, 3.05) is 26.0 Å². The highest BCUT2D eigenvalue weighted by Gasteiger charge is 2.15. The molecule has 0 aliphatic carbocycles. The number of benzene rings is 1. The highest BCUT2D eigenvalue weighted by Crippen LogP contribution is 2.31. The molecule has 0 aliphatic rings. The van der Waals surface area contributed by atoms with Gasteiger partial charge in [-0.2, -0.15) is 0 Å². The van der Waals surface area contributed by atoms with E-state index < -0.39 is 0 Å². The van der Waals surface area contributed by atoms with E-state index in [1.54, 1.807) is 12.3 Å². The molecule has 0 spiro atoms. The predicted octanol–water partition coefficient (Wildman–Crippen LogP) is 2.81. The lowest BCUT2D eigenvalue weighted by Crippen LogP contribution is -2.31. The first kappa shape index (κ1) is 15.2. The fraction of sp³-hybridized carbons (Fsp3) is 0.400. The smallest absolute Gasteiger partial charge is 0.278 e. The first-order chi connectivity index (χ1) is 9.90. The molecule has 1 heterocycles. The van der Waals surface area contributed by atoms with Crippen LogP contribution in [0, 0.1) is 17.0 Å². The zero-order valence-corrected chi connectivity index (χ0v) is 12.8. The lowest BCUT2D eigenvalue weighted by molar-refractivity contribution is -0.383. The Balaban J connectivity index is 2.43. The fourth-order valence-electron chi connectivity index (χ4n) is 2.08. The van der Waals surface area contributed by atoms with Crippen LogP contribution in [0.3, 0.4) is 0 Å². The zero-order valence-electron chi connectivity index (χ0n) is 12.8. The predicted molar refractivity (Wildman–Crippen MR) is 84.8 cm³/mol. The Bertz CT molecular complexity index is 670. The number of aromatic nitrogens is 1. The van der Waals surface area contributed by atoms with E-state index >= 15 is 0 Å². The van der Waals surface area contributed by atoms with E-state index in [-0.39, 0.29) is 10.6 Å². The van der Waals surface area contributed by atoms with E-state index in [2.05, 4.69) is 22.1 Å². The van der Waals surface area contributed by atoms with Gasteiger partial charge in [0.05, 0.1) is 10.3 Å². The van der Waals surface area contributed by atoms with Gasteiger partial charge in [0, 0.05) is 41.6 Å². The Morgan fingerprint density at radius 3 is 2.71 bits per heavy atom. The van der Waals surface area contributed by atoms with Crippen molar-refractivity contribution >= 4 is 22.1 Å². The Kier molecular flexibility index (Phi) is 4.37. The van der Waals surface area contributed by atoms with Gasteiger partial charge >= 0.3 is 0 Å². The van der Waals surface area contributed by atoms with E-state index in [0.29, 0.717) is 11.4 Å². The average molecular weight is 288 g/mol. The summed E-state index contributed by atoms with van der Waals surface area (Å²) in [5.74, 6) is 0. The van der Waals surface area contributed by atoms with Crippen molar-refractivity contribution in [2.45, 2.75) is 19.9 Å². The van der Waals surface area contributed by atoms with E-state index in [4.69, 9.17) is 0 Å². The summed E-state index contributed by atoms with van der Waals surface area (Å²) in [5.41, 5.74) is 1.82. The van der Waals surface area contributed by atoms with Crippen molar-refractivity contribution in [1.29, 1.82) is 0 Å². The second-order valence-corrected chi connectivity index (χ2v) is 5.45. The molecule has 21 heavy (non-hydrogen) atoms. The minimum absolute atomic E-state index is 0.0868. The van der Waals surface area contributed by atoms with Crippen LogP contribution in [0.5, 0.6) is 0 Å². The summed E-state index contributed by atoms with van der Waals surface area (Å²) < 4.78 is 0. The number of nitro benzene ring substituents is 1. The Morgan fingerprint density at radius 1 is 1.38 bits per heavy atom. The zero-order chi connectivity index (χ0) is 15.6. The fourth-order valence-corrected chi connectivity index (χ4v) is 2.08. The lowest BCUT2D eigenvalue weighted by atomic mass is 10.1. The Morgan fingerprint density at radius 2 is 2.10 bits per heavy atom. The van der Waals surface area contributed by atoms with Gasteiger partial charge in [-0.1, -0.05) is 0 Å². The average Bonchev–Trinajstić information content (AvgIpc) is 2.43. The van der Waals surface area contributed by atoms with Gasteiger partial charge in [0.25, 0.3) is 5.69 Å². The second-order valence-electron chi connectivity index (χ2n) is 5.45. The second kappa shape index (κ2) is 6.05. The summed E-state index contributed by atoms with van der Waals surface area (Å²) in [4.78, 5) is 17.0. The van der Waals surface area contributed by atoms with Crippen molar-refractivity contribution in [3.8, 4) is 0 Å². The van der Waals surface area contributed by atoms with Crippen LogP contribution in [-0.4, -0.2) is 41.5 Å². The summed E-state index contributed by atoms with van der Waals surface area (Å²) >= 11 is 0. The maximum absolute atomic E-state index is 11.1. The van der Waals surface area contributed by atoms with Crippen molar-refractivity contribution in [2.24, 2.45) is 0 Å². The van der Waals surface area contributed by atoms with Crippen LogP contribution in [0.2, 0.25) is 0 Å². The molecule has 2 rings (SSSR count). The number of anilines is 1. The van der Waals surface area contributed by atoms with Crippen LogP contribution in [0.4, 0.5) is 11.4 Å². The van der Waals surface area contributed by atoms with Gasteiger partial charge in [-0.05, 0) is 40.1 Å². The normalized spacial score (nSPS) is 12.6. The van der Waals surface area contributed by atoms with E-state index in [0.717, 1.165) is 23.3 Å². The van der Waals surface area contributed by atoms with Gasteiger partial charge in [-0.25, -0.2) is 0 Å². The number of fused-ring (bicyclic) bond motifs is 1. The molecule has 1 atom stereocenters. The number of aryl methyl sites for hydroxylation is 1. The lowest BCUT2D eigenvalue weighted by Gasteiger charge is -2.21. The highest BCUT2D eigenvalue weighted by atomic mass is 16.6. The number of hydrogen-bond donors (Lipinski definition) is 1. The largest absolute Gasteiger partial charge is 0.383 e. The van der Waals surface area contributed by atoms with Crippen LogP contribution in [0.1, 0.15) is 12.6 Å². The van der Waals surface area contributed by atoms with Crippen LogP contribution in [0.15, 0.2) is 24.4 Å². The number of nitro groups is 1. The van der Waals surface area contributed by atoms with E-state index in [1.165, 1.54) is 6.07 Å². The maximum atomic E-state index is 11.1. The molecule has 6 heteroatoms. The Hall–Kier alpha value is -2.21. The summed E-state index contributed by atoms with van der Waals surface area (Å²) in [6.45, 7) is 4.76. The molecular formula is C15H20N4O2. The van der Waals surface area contributed by atoms with Gasteiger partial charge in [0.15, 0.2) is 0 Å². The molecule has 0 saturated carbocycles. The van der Waals surface area contributed by atoms with Crippen molar-refractivity contribution in [3.05, 3.63) is 40.2 Å². The summed E-state index contributed by atoms with van der Waals surface area (Å²) in [7, 11) is 4.04. The molecule has 1 unspecified atom stereocenters. The molecular weight excluding hydrogens is 268 g/mol. The van der Waals surface area contributed by atoms with Crippen LogP contribution >= 0.6 is 0 Å². The van der Waals surface area contributed by atoms with Crippen LogP contribution in [0.25, 0.3) is 10.8 Å². The molecule has 1 aromatic carbocycles. The number of nitrogens with one attached hydrogen (secondary N) is 1. The third-order valence-corrected chi connectivity index (χ3v) is 3.68. The molecule has 1 N–H and O–H groups in total. The van der Waals surface area contributed by atoms with Crippen LogP contribution in [-0.2, 0) is 0 Å². The topological polar surface area (TPSA) is 71.3 Å². The summed E-state index contributed by atoms with van der Waals surface area (Å²) in [6.07, 6.45) is 1.57. The van der Waals surface area contributed by atoms with Gasteiger partial charge in [-0.3, -0.25) is 15.1 Å². The minimum Gasteiger partial charge on any atom is -0.383 e. The van der Waals surface area contributed by atoms with Crippen molar-refractivity contribution < 1.29 is 4.92 Å². The molecule has 0 bridgehead atoms. The van der Waals surface area contributed by atoms with Crippen molar-refractivity contribution in [1.82, 2.24) is 9.88 Å². The number of non-ortho nitro benzene ring substituents is 1. The van der Waals surface area contributed by atoms with Gasteiger partial charge < -0.3 is 10.2 Å². The molecule has 0 fully saturated rings. The summed E-state index contributed by atoms with van der Waals surface area (Å²) in [5, 5.41) is 15.9. The van der Waals surface area contributed by atoms with E-state index in [9.17, 15) is 10.1 Å². The maximum Gasteiger partial charge on any atom is 0.278 e. The van der Waals surface area contributed by atoms with E-state index in [1.807, 2.05) is 27.1 Å². The third-order valence-electron chi connectivity index (χ3n) is 3.68. The van der Waals surface area contributed by atoms with Gasteiger partial charge in [0.1, 0.15) is 0 Å². The monoisotopic (exact) mass is 288 g/mol. The quantitative estimate of drug-likeness (QED) is 0.676. The number of pyridine rings is 1. The number of rotatable bonds is 5. The standard InChI is InChI=1S/C15H20N4O2/c1-10-7-12-13(9-16-10)15(19(20)21)6-5-14(12)17-8-11(2)18(3)4/h5-7,9,11,17H,8H2,1-4H3. The molecule has 1 aromatic heterocycles. The Labute approximate surface area is 123 Å².